The first-order chi connectivity index (χ1) is 8.70. The molecular formula is C13H17NO4. The number of esters is 1. The predicted octanol–water partition coefficient (Wildman–Crippen LogP) is 0.712. The van der Waals surface area contributed by atoms with Gasteiger partial charge < -0.3 is 19.9 Å². The fourth-order valence-electron chi connectivity index (χ4n) is 1.80. The van der Waals surface area contributed by atoms with Crippen molar-refractivity contribution in [1.29, 1.82) is 0 Å². The van der Waals surface area contributed by atoms with Gasteiger partial charge in [-0.1, -0.05) is 12.1 Å². The number of hydrogen-bond donors (Lipinski definition) is 1. The molecule has 1 aromatic carbocycles. The third-order valence-corrected chi connectivity index (χ3v) is 2.97. The topological polar surface area (TPSA) is 70.8 Å². The van der Waals surface area contributed by atoms with E-state index >= 15 is 0 Å². The van der Waals surface area contributed by atoms with Crippen molar-refractivity contribution >= 4 is 5.97 Å². The number of carbonyl (C=O) groups is 1. The Hall–Kier alpha value is -1.59. The Bertz CT molecular complexity index is 404. The maximum atomic E-state index is 11.7. The van der Waals surface area contributed by atoms with Gasteiger partial charge in [-0.15, -0.1) is 0 Å². The average molecular weight is 251 g/mol. The van der Waals surface area contributed by atoms with E-state index in [0.717, 1.165) is 11.3 Å². The highest BCUT2D eigenvalue weighted by atomic mass is 16.5. The van der Waals surface area contributed by atoms with E-state index in [2.05, 4.69) is 0 Å². The minimum absolute atomic E-state index is 0.242. The van der Waals surface area contributed by atoms with Crippen LogP contribution in [0, 0.1) is 5.92 Å². The summed E-state index contributed by atoms with van der Waals surface area (Å²) in [6, 6.07) is 7.11. The third-order valence-electron chi connectivity index (χ3n) is 2.97. The van der Waals surface area contributed by atoms with Crippen LogP contribution in [0.2, 0.25) is 0 Å². The molecule has 0 amide bonds. The van der Waals surface area contributed by atoms with E-state index in [1.807, 2.05) is 24.3 Å². The fourth-order valence-corrected chi connectivity index (χ4v) is 1.80. The van der Waals surface area contributed by atoms with Crippen molar-refractivity contribution in [1.82, 2.24) is 0 Å². The molecule has 98 valence electrons. The van der Waals surface area contributed by atoms with Gasteiger partial charge in [-0.2, -0.15) is 0 Å². The Balaban J connectivity index is 1.85. The highest BCUT2D eigenvalue weighted by molar-refractivity contribution is 5.73. The number of hydrogen-bond acceptors (Lipinski definition) is 5. The minimum Gasteiger partial charge on any atom is -0.497 e. The lowest BCUT2D eigenvalue weighted by Gasteiger charge is -2.12. The normalized spacial score (nSPS) is 22.8. The zero-order chi connectivity index (χ0) is 13.0. The van der Waals surface area contributed by atoms with Crippen LogP contribution in [0.4, 0.5) is 0 Å². The first-order valence-electron chi connectivity index (χ1n) is 5.83. The molecule has 18 heavy (non-hydrogen) atoms. The molecule has 1 saturated heterocycles. The molecule has 1 aliphatic heterocycles. The number of methoxy groups -OCH3 is 1. The van der Waals surface area contributed by atoms with Crippen molar-refractivity contribution in [2.75, 3.05) is 20.3 Å². The van der Waals surface area contributed by atoms with Crippen molar-refractivity contribution in [3.63, 3.8) is 0 Å². The van der Waals surface area contributed by atoms with Crippen molar-refractivity contribution in [2.24, 2.45) is 11.7 Å². The van der Waals surface area contributed by atoms with Gasteiger partial charge >= 0.3 is 5.97 Å². The summed E-state index contributed by atoms with van der Waals surface area (Å²) in [5.74, 6) is 0.135. The zero-order valence-electron chi connectivity index (χ0n) is 10.3. The molecule has 2 unspecified atom stereocenters. The standard InChI is InChI=1S/C13H17NO4/c1-16-10-4-2-9(3-5-10)6-18-13(15)11-7-17-8-12(11)14/h2-5,11-12H,6-8,14H2,1H3. The third kappa shape index (κ3) is 3.00. The first-order valence-corrected chi connectivity index (χ1v) is 5.83. The first kappa shape index (κ1) is 12.9. The second-order valence-electron chi connectivity index (χ2n) is 4.26. The van der Waals surface area contributed by atoms with Crippen LogP contribution in [0.5, 0.6) is 5.75 Å². The van der Waals surface area contributed by atoms with E-state index in [-0.39, 0.29) is 24.5 Å². The highest BCUT2D eigenvalue weighted by Crippen LogP contribution is 2.16. The summed E-state index contributed by atoms with van der Waals surface area (Å²) >= 11 is 0. The van der Waals surface area contributed by atoms with Crippen LogP contribution in [0.15, 0.2) is 24.3 Å². The molecular weight excluding hydrogens is 234 g/mol. The molecule has 1 heterocycles. The lowest BCUT2D eigenvalue weighted by atomic mass is 10.1. The largest absolute Gasteiger partial charge is 0.497 e. The summed E-state index contributed by atoms with van der Waals surface area (Å²) in [6.45, 7) is 1.01. The summed E-state index contributed by atoms with van der Waals surface area (Å²) < 4.78 is 15.4. The van der Waals surface area contributed by atoms with Gasteiger partial charge in [-0.25, -0.2) is 0 Å². The van der Waals surface area contributed by atoms with E-state index in [9.17, 15) is 4.79 Å². The van der Waals surface area contributed by atoms with Gasteiger partial charge in [0.25, 0.3) is 0 Å². The summed E-state index contributed by atoms with van der Waals surface area (Å²) in [5.41, 5.74) is 6.66. The van der Waals surface area contributed by atoms with Crippen LogP contribution in [0.25, 0.3) is 0 Å². The Labute approximate surface area is 106 Å². The molecule has 2 atom stereocenters. The number of rotatable bonds is 4. The molecule has 0 aromatic heterocycles. The SMILES string of the molecule is COc1ccc(COC(=O)C2COCC2N)cc1. The van der Waals surface area contributed by atoms with Gasteiger partial charge in [0, 0.05) is 6.04 Å². The van der Waals surface area contributed by atoms with Crippen molar-refractivity contribution in [3.05, 3.63) is 29.8 Å². The number of nitrogens with two attached hydrogens (primary N) is 1. The van der Waals surface area contributed by atoms with Crippen molar-refractivity contribution < 1.29 is 19.0 Å². The molecule has 2 N–H and O–H groups in total. The second kappa shape index (κ2) is 5.84. The summed E-state index contributed by atoms with van der Waals surface area (Å²) in [4.78, 5) is 11.7. The smallest absolute Gasteiger partial charge is 0.313 e. The molecule has 5 nitrogen and oxygen atoms in total. The monoisotopic (exact) mass is 251 g/mol. The molecule has 1 aromatic rings. The molecule has 0 bridgehead atoms. The summed E-state index contributed by atoms with van der Waals surface area (Å²) in [7, 11) is 1.61. The fraction of sp³-hybridized carbons (Fsp3) is 0.462. The van der Waals surface area contributed by atoms with Crippen LogP contribution in [-0.2, 0) is 20.9 Å². The summed E-state index contributed by atoms with van der Waals surface area (Å²) in [6.07, 6.45) is 0. The van der Waals surface area contributed by atoms with Gasteiger partial charge in [0.1, 0.15) is 12.4 Å². The molecule has 1 aliphatic rings. The average Bonchev–Trinajstić information content (AvgIpc) is 2.83. The van der Waals surface area contributed by atoms with E-state index in [1.165, 1.54) is 0 Å². The van der Waals surface area contributed by atoms with Crippen molar-refractivity contribution in [3.8, 4) is 5.75 Å². The van der Waals surface area contributed by atoms with E-state index in [4.69, 9.17) is 19.9 Å². The number of benzene rings is 1. The predicted molar refractivity (Wildman–Crippen MR) is 65.1 cm³/mol. The van der Waals surface area contributed by atoms with Gasteiger partial charge in [-0.3, -0.25) is 4.79 Å². The zero-order valence-corrected chi connectivity index (χ0v) is 10.3. The lowest BCUT2D eigenvalue weighted by Crippen LogP contribution is -2.35. The van der Waals surface area contributed by atoms with E-state index < -0.39 is 0 Å². The molecule has 1 fully saturated rings. The summed E-state index contributed by atoms with van der Waals surface area (Å²) in [5, 5.41) is 0. The highest BCUT2D eigenvalue weighted by Gasteiger charge is 2.32. The molecule has 0 spiro atoms. The van der Waals surface area contributed by atoms with Crippen LogP contribution in [-0.4, -0.2) is 32.3 Å². The van der Waals surface area contributed by atoms with Crippen LogP contribution in [0.1, 0.15) is 5.56 Å². The van der Waals surface area contributed by atoms with Gasteiger partial charge in [-0.05, 0) is 17.7 Å². The maximum Gasteiger partial charge on any atom is 0.313 e. The van der Waals surface area contributed by atoms with Gasteiger partial charge in [0.05, 0.1) is 26.2 Å². The van der Waals surface area contributed by atoms with Gasteiger partial charge in [0.15, 0.2) is 0 Å². The van der Waals surface area contributed by atoms with Crippen LogP contribution in [0.3, 0.4) is 0 Å². The minimum atomic E-state index is -0.344. The quantitative estimate of drug-likeness (QED) is 0.798. The second-order valence-corrected chi connectivity index (χ2v) is 4.26. The van der Waals surface area contributed by atoms with E-state index in [1.54, 1.807) is 7.11 Å². The Morgan fingerprint density at radius 1 is 1.39 bits per heavy atom. The maximum absolute atomic E-state index is 11.7. The Kier molecular flexibility index (Phi) is 4.17. The molecule has 0 saturated carbocycles. The van der Waals surface area contributed by atoms with Crippen LogP contribution >= 0.6 is 0 Å². The number of ether oxygens (including phenoxy) is 3. The molecule has 0 aliphatic carbocycles. The van der Waals surface area contributed by atoms with Gasteiger partial charge in [0.2, 0.25) is 0 Å². The number of carbonyl (C=O) groups excluding carboxylic acids is 1. The van der Waals surface area contributed by atoms with E-state index in [0.29, 0.717) is 13.2 Å². The Morgan fingerprint density at radius 2 is 2.11 bits per heavy atom. The molecule has 5 heteroatoms. The Morgan fingerprint density at radius 3 is 2.67 bits per heavy atom. The lowest BCUT2D eigenvalue weighted by molar-refractivity contribution is -0.150. The molecule has 2 rings (SSSR count). The van der Waals surface area contributed by atoms with Crippen LogP contribution < -0.4 is 10.5 Å². The van der Waals surface area contributed by atoms with Crippen molar-refractivity contribution in [2.45, 2.75) is 12.6 Å². The molecule has 0 radical (unpaired) electrons.